The van der Waals surface area contributed by atoms with Crippen LogP contribution in [0.3, 0.4) is 0 Å². The number of aryl methyl sites for hydroxylation is 1. The molecule has 6 nitrogen and oxygen atoms in total. The maximum Gasteiger partial charge on any atom is 0.196 e. The number of alkyl halides is 1. The molecule has 3 aromatic rings. The number of halogens is 3. The summed E-state index contributed by atoms with van der Waals surface area (Å²) in [6, 6.07) is 7.44. The second kappa shape index (κ2) is 10.4. The molecule has 1 aliphatic rings. The van der Waals surface area contributed by atoms with Gasteiger partial charge in [0.2, 0.25) is 0 Å². The zero-order valence-electron chi connectivity index (χ0n) is 19.6. The standard InChI is InChI=1S/C26H26F3N3O3/c1-30-11-13-31(14-12-30)25-21(28)15-20-24(23(25)29)32(10-9-27)16-18(26(20)34)5-8-22(33)17-3-6-19(35-2)7-4-17/h3-8,15-16H,9-14H2,1-2H3/b8-5+. The first-order chi connectivity index (χ1) is 16.8. The highest BCUT2D eigenvalue weighted by molar-refractivity contribution is 6.07. The van der Waals surface area contributed by atoms with Gasteiger partial charge in [-0.25, -0.2) is 13.2 Å². The van der Waals surface area contributed by atoms with Crippen LogP contribution in [0.5, 0.6) is 5.75 Å². The zero-order valence-corrected chi connectivity index (χ0v) is 19.6. The van der Waals surface area contributed by atoms with Gasteiger partial charge >= 0.3 is 0 Å². The molecule has 0 unspecified atom stereocenters. The molecule has 9 heteroatoms. The molecule has 0 atom stereocenters. The highest BCUT2D eigenvalue weighted by atomic mass is 19.1. The van der Waals surface area contributed by atoms with E-state index in [1.54, 1.807) is 29.2 Å². The maximum atomic E-state index is 15.6. The third-order valence-corrected chi connectivity index (χ3v) is 6.19. The molecule has 1 aromatic heterocycles. The molecule has 35 heavy (non-hydrogen) atoms. The van der Waals surface area contributed by atoms with Gasteiger partial charge in [0.1, 0.15) is 23.9 Å². The third kappa shape index (κ3) is 4.95. The summed E-state index contributed by atoms with van der Waals surface area (Å²) < 4.78 is 50.4. The Hall–Kier alpha value is -3.59. The number of methoxy groups -OCH3 is 1. The van der Waals surface area contributed by atoms with Crippen molar-refractivity contribution in [1.29, 1.82) is 0 Å². The topological polar surface area (TPSA) is 54.8 Å². The minimum atomic E-state index is -0.889. The van der Waals surface area contributed by atoms with Crippen LogP contribution >= 0.6 is 0 Å². The molecule has 0 aliphatic carbocycles. The Balaban J connectivity index is 1.76. The lowest BCUT2D eigenvalue weighted by molar-refractivity contribution is 0.104. The molecule has 2 heterocycles. The van der Waals surface area contributed by atoms with E-state index in [4.69, 9.17) is 4.74 Å². The lowest BCUT2D eigenvalue weighted by Gasteiger charge is -2.34. The number of hydrogen-bond donors (Lipinski definition) is 0. The number of benzene rings is 2. The number of carbonyl (C=O) groups excluding carboxylic acids is 1. The van der Waals surface area contributed by atoms with Crippen molar-refractivity contribution in [3.63, 3.8) is 0 Å². The van der Waals surface area contributed by atoms with Crippen molar-refractivity contribution in [1.82, 2.24) is 9.47 Å². The first-order valence-corrected chi connectivity index (χ1v) is 11.2. The van der Waals surface area contributed by atoms with Crippen molar-refractivity contribution in [2.45, 2.75) is 6.54 Å². The molecular formula is C26H26F3N3O3. The maximum absolute atomic E-state index is 15.6. The van der Waals surface area contributed by atoms with Crippen LogP contribution in [0.25, 0.3) is 17.0 Å². The van der Waals surface area contributed by atoms with E-state index in [9.17, 15) is 14.0 Å². The fraction of sp³-hybridized carbons (Fsp3) is 0.308. The van der Waals surface area contributed by atoms with Gasteiger partial charge < -0.3 is 19.1 Å². The van der Waals surface area contributed by atoms with E-state index in [1.165, 1.54) is 30.0 Å². The van der Waals surface area contributed by atoms with Crippen LogP contribution in [-0.2, 0) is 6.54 Å². The number of nitrogens with zero attached hydrogens (tertiary/aromatic N) is 3. The molecule has 184 valence electrons. The predicted octanol–water partition coefficient (Wildman–Crippen LogP) is 3.91. The lowest BCUT2D eigenvalue weighted by Crippen LogP contribution is -2.45. The Morgan fingerprint density at radius 3 is 2.43 bits per heavy atom. The van der Waals surface area contributed by atoms with Gasteiger partial charge in [-0.1, -0.05) is 0 Å². The summed E-state index contributed by atoms with van der Waals surface area (Å²) in [4.78, 5) is 29.3. The van der Waals surface area contributed by atoms with Gasteiger partial charge in [-0.2, -0.15) is 0 Å². The number of pyridine rings is 1. The second-order valence-corrected chi connectivity index (χ2v) is 8.43. The van der Waals surface area contributed by atoms with Crippen LogP contribution in [0.15, 0.2) is 47.4 Å². The van der Waals surface area contributed by atoms with Gasteiger partial charge in [0.25, 0.3) is 0 Å². The van der Waals surface area contributed by atoms with Gasteiger partial charge in [-0.15, -0.1) is 0 Å². The number of ether oxygens (including phenoxy) is 1. The summed E-state index contributed by atoms with van der Waals surface area (Å²) in [5, 5.41) is -0.203. The molecule has 0 radical (unpaired) electrons. The van der Waals surface area contributed by atoms with Gasteiger partial charge in [-0.3, -0.25) is 9.59 Å². The van der Waals surface area contributed by atoms with Gasteiger partial charge in [0.15, 0.2) is 17.0 Å². The molecular weight excluding hydrogens is 459 g/mol. The van der Waals surface area contributed by atoms with E-state index in [0.717, 1.165) is 6.07 Å². The van der Waals surface area contributed by atoms with Crippen LogP contribution in [0, 0.1) is 11.6 Å². The number of aromatic nitrogens is 1. The number of rotatable bonds is 7. The van der Waals surface area contributed by atoms with Crippen molar-refractivity contribution in [2.24, 2.45) is 0 Å². The summed E-state index contributed by atoms with van der Waals surface area (Å²) in [5.41, 5.74) is -0.603. The summed E-state index contributed by atoms with van der Waals surface area (Å²) in [6.45, 7) is 1.09. The summed E-state index contributed by atoms with van der Waals surface area (Å²) >= 11 is 0. The quantitative estimate of drug-likeness (QED) is 0.375. The first kappa shape index (κ1) is 24.5. The summed E-state index contributed by atoms with van der Waals surface area (Å²) in [6.07, 6.45) is 3.79. The van der Waals surface area contributed by atoms with Crippen LogP contribution in [0.2, 0.25) is 0 Å². The number of ketones is 1. The number of piperazine rings is 1. The fourth-order valence-corrected chi connectivity index (χ4v) is 4.22. The van der Waals surface area contributed by atoms with E-state index in [-0.39, 0.29) is 34.5 Å². The van der Waals surface area contributed by atoms with Gasteiger partial charge in [0.05, 0.1) is 24.6 Å². The minimum Gasteiger partial charge on any atom is -0.497 e. The number of likely N-dealkylation sites (N-methyl/N-ethyl adjacent to an activating group) is 1. The van der Waals surface area contributed by atoms with Crippen LogP contribution < -0.4 is 15.1 Å². The molecule has 1 aliphatic heterocycles. The molecule has 0 bridgehead atoms. The number of allylic oxidation sites excluding steroid dienone is 1. The Bertz CT molecular complexity index is 1330. The average molecular weight is 486 g/mol. The van der Waals surface area contributed by atoms with E-state index >= 15 is 8.78 Å². The first-order valence-electron chi connectivity index (χ1n) is 11.2. The molecule has 0 N–H and O–H groups in total. The van der Waals surface area contributed by atoms with Crippen LogP contribution in [-0.4, -0.2) is 62.3 Å². The highest BCUT2D eigenvalue weighted by Gasteiger charge is 2.25. The average Bonchev–Trinajstić information content (AvgIpc) is 2.86. The third-order valence-electron chi connectivity index (χ3n) is 6.19. The van der Waals surface area contributed by atoms with Crippen LogP contribution in [0.1, 0.15) is 15.9 Å². The number of anilines is 1. The SMILES string of the molecule is COc1ccc(C(=O)/C=C/c2cn(CCF)c3c(F)c(N4CCN(C)CC4)c(F)cc3c2=O)cc1. The van der Waals surface area contributed by atoms with E-state index in [2.05, 4.69) is 4.90 Å². The number of carbonyl (C=O) groups is 1. The van der Waals surface area contributed by atoms with Crippen molar-refractivity contribution in [3.05, 3.63) is 75.6 Å². The Morgan fingerprint density at radius 1 is 1.11 bits per heavy atom. The highest BCUT2D eigenvalue weighted by Crippen LogP contribution is 2.31. The molecule has 2 aromatic carbocycles. The monoisotopic (exact) mass is 485 g/mol. The van der Waals surface area contributed by atoms with Crippen LogP contribution in [0.4, 0.5) is 18.9 Å². The smallest absolute Gasteiger partial charge is 0.196 e. The molecule has 4 rings (SSSR count). The van der Waals surface area contributed by atoms with Gasteiger partial charge in [-0.05, 0) is 49.5 Å². The fourth-order valence-electron chi connectivity index (χ4n) is 4.22. The molecule has 0 saturated carbocycles. The van der Waals surface area contributed by atoms with E-state index in [0.29, 0.717) is 37.5 Å². The predicted molar refractivity (Wildman–Crippen MR) is 130 cm³/mol. The number of hydrogen-bond acceptors (Lipinski definition) is 5. The Labute approximate surface area is 200 Å². The molecule has 1 saturated heterocycles. The Kier molecular flexibility index (Phi) is 7.25. The number of fused-ring (bicyclic) bond motifs is 1. The summed E-state index contributed by atoms with van der Waals surface area (Å²) in [5.74, 6) is -1.51. The van der Waals surface area contributed by atoms with E-state index < -0.39 is 23.7 Å². The lowest BCUT2D eigenvalue weighted by atomic mass is 10.1. The largest absolute Gasteiger partial charge is 0.497 e. The van der Waals surface area contributed by atoms with Crippen molar-refractivity contribution < 1.29 is 22.7 Å². The zero-order chi connectivity index (χ0) is 25.1. The van der Waals surface area contributed by atoms with Gasteiger partial charge in [0, 0.05) is 43.5 Å². The summed E-state index contributed by atoms with van der Waals surface area (Å²) in [7, 11) is 3.44. The van der Waals surface area contributed by atoms with E-state index in [1.807, 2.05) is 7.05 Å². The second-order valence-electron chi connectivity index (χ2n) is 8.43. The minimum absolute atomic E-state index is 0.0268. The Morgan fingerprint density at radius 2 is 1.80 bits per heavy atom. The molecule has 0 spiro atoms. The molecule has 0 amide bonds. The van der Waals surface area contributed by atoms with Crippen molar-refractivity contribution >= 4 is 28.4 Å². The molecule has 1 fully saturated rings. The van der Waals surface area contributed by atoms with Crippen molar-refractivity contribution in [2.75, 3.05) is 51.9 Å². The normalized spacial score (nSPS) is 14.7. The van der Waals surface area contributed by atoms with Crippen molar-refractivity contribution in [3.8, 4) is 5.75 Å².